The molecule has 1 N–H and O–H groups in total. The Kier molecular flexibility index (Phi) is 6.27. The van der Waals surface area contributed by atoms with Gasteiger partial charge in [-0.2, -0.15) is 5.06 Å². The van der Waals surface area contributed by atoms with Crippen molar-refractivity contribution in [3.63, 3.8) is 0 Å². The Morgan fingerprint density at radius 2 is 1.65 bits per heavy atom. The number of hydroxylamine groups is 2. The van der Waals surface area contributed by atoms with Crippen LogP contribution < -0.4 is 4.90 Å². The number of hydrogen-bond donors (Lipinski definition) is 1. The lowest BCUT2D eigenvalue weighted by Gasteiger charge is -2.28. The second kappa shape index (κ2) is 9.07. The minimum Gasteiger partial charge on any atom is -0.361 e. The van der Waals surface area contributed by atoms with Crippen LogP contribution in [0.15, 0.2) is 77.3 Å². The van der Waals surface area contributed by atoms with Crippen LogP contribution in [-0.2, 0) is 20.2 Å². The van der Waals surface area contributed by atoms with Crippen LogP contribution in [0, 0.1) is 0 Å². The molecule has 174 valence electrons. The predicted molar refractivity (Wildman–Crippen MR) is 132 cm³/mol. The summed E-state index contributed by atoms with van der Waals surface area (Å²) < 4.78 is 0.864. The fourth-order valence-corrected chi connectivity index (χ4v) is 5.00. The highest BCUT2D eigenvalue weighted by Gasteiger charge is 2.54. The third-order valence-corrected chi connectivity index (χ3v) is 7.37. The summed E-state index contributed by atoms with van der Waals surface area (Å²) in [5.41, 5.74) is 1.76. The summed E-state index contributed by atoms with van der Waals surface area (Å²) in [7, 11) is 0. The molecule has 2 heterocycles. The zero-order valence-corrected chi connectivity index (χ0v) is 20.8. The highest BCUT2D eigenvalue weighted by atomic mass is 79.9. The van der Waals surface area contributed by atoms with Crippen LogP contribution in [-0.4, -0.2) is 28.0 Å². The van der Waals surface area contributed by atoms with E-state index in [2.05, 4.69) is 15.9 Å². The molecular formula is C25H19BrCl2N2O4. The molecule has 2 saturated heterocycles. The average molecular weight is 562 g/mol. The van der Waals surface area contributed by atoms with Crippen LogP contribution in [0.4, 0.5) is 5.69 Å². The second-order valence-corrected chi connectivity index (χ2v) is 9.99. The molecular weight excluding hydrogens is 543 g/mol. The Morgan fingerprint density at radius 1 is 0.941 bits per heavy atom. The Bertz CT molecular complexity index is 1260. The van der Waals surface area contributed by atoms with Crippen molar-refractivity contribution in [3.8, 4) is 0 Å². The highest BCUT2D eigenvalue weighted by molar-refractivity contribution is 9.10. The number of nitrogens with zero attached hydrogens (tertiary/aromatic N) is 2. The summed E-state index contributed by atoms with van der Waals surface area (Å²) in [6, 6.07) is 19.9. The standard InChI is InChI=1S/C25H19BrCl2N2O4/c26-17-8-6-16(7-9-17)25(33)14-22(15-4-2-1-3-5-15)30(34-25)21-13-23(31)29(24(21)32)18-10-11-19(27)20(28)12-18/h1-12,21-22,33H,13-14H2/t21-,22+,25+/m1/s1. The largest absolute Gasteiger partial charge is 0.361 e. The predicted octanol–water partition coefficient (Wildman–Crippen LogP) is 5.61. The third-order valence-electron chi connectivity index (χ3n) is 6.10. The van der Waals surface area contributed by atoms with E-state index in [0.717, 1.165) is 14.9 Å². The summed E-state index contributed by atoms with van der Waals surface area (Å²) in [4.78, 5) is 33.6. The van der Waals surface area contributed by atoms with Gasteiger partial charge in [-0.3, -0.25) is 14.4 Å². The molecule has 3 aromatic rings. The van der Waals surface area contributed by atoms with Gasteiger partial charge >= 0.3 is 0 Å². The van der Waals surface area contributed by atoms with Crippen LogP contribution in [0.25, 0.3) is 0 Å². The number of carbonyl (C=O) groups is 2. The van der Waals surface area contributed by atoms with Crippen molar-refractivity contribution >= 4 is 56.6 Å². The molecule has 0 aliphatic carbocycles. The van der Waals surface area contributed by atoms with Gasteiger partial charge in [0.25, 0.3) is 5.91 Å². The molecule has 2 aliphatic heterocycles. The molecule has 0 bridgehead atoms. The first-order chi connectivity index (χ1) is 16.3. The number of rotatable bonds is 4. The van der Waals surface area contributed by atoms with Crippen molar-refractivity contribution in [2.24, 2.45) is 0 Å². The summed E-state index contributed by atoms with van der Waals surface area (Å²) in [6.45, 7) is 0. The molecule has 0 radical (unpaired) electrons. The zero-order chi connectivity index (χ0) is 24.0. The summed E-state index contributed by atoms with van der Waals surface area (Å²) >= 11 is 15.5. The van der Waals surface area contributed by atoms with Gasteiger partial charge in [0.2, 0.25) is 11.7 Å². The van der Waals surface area contributed by atoms with Crippen molar-refractivity contribution in [1.29, 1.82) is 0 Å². The van der Waals surface area contributed by atoms with E-state index in [4.69, 9.17) is 28.0 Å². The molecule has 2 aliphatic rings. The number of halogens is 3. The van der Waals surface area contributed by atoms with Crippen LogP contribution in [0.1, 0.15) is 30.0 Å². The van der Waals surface area contributed by atoms with Crippen molar-refractivity contribution in [3.05, 3.63) is 98.4 Å². The van der Waals surface area contributed by atoms with Crippen molar-refractivity contribution in [2.45, 2.75) is 30.7 Å². The Morgan fingerprint density at radius 3 is 2.32 bits per heavy atom. The van der Waals surface area contributed by atoms with Gasteiger partial charge in [-0.05, 0) is 35.9 Å². The minimum atomic E-state index is -1.67. The number of benzene rings is 3. The third kappa shape index (κ3) is 4.17. The van der Waals surface area contributed by atoms with E-state index in [-0.39, 0.29) is 23.8 Å². The lowest BCUT2D eigenvalue weighted by Crippen LogP contribution is -2.42. The summed E-state index contributed by atoms with van der Waals surface area (Å²) in [5.74, 6) is -2.51. The minimum absolute atomic E-state index is 0.0984. The number of imide groups is 1. The van der Waals surface area contributed by atoms with Gasteiger partial charge in [-0.1, -0.05) is 81.6 Å². The summed E-state index contributed by atoms with van der Waals surface area (Å²) in [6.07, 6.45) is 0.0855. The van der Waals surface area contributed by atoms with Gasteiger partial charge in [-0.25, -0.2) is 4.90 Å². The second-order valence-electron chi connectivity index (χ2n) is 8.26. The Balaban J connectivity index is 1.51. The average Bonchev–Trinajstić information content (AvgIpc) is 3.33. The molecule has 0 aromatic heterocycles. The van der Waals surface area contributed by atoms with Crippen LogP contribution >= 0.6 is 39.1 Å². The lowest BCUT2D eigenvalue weighted by molar-refractivity contribution is -0.303. The normalized spacial score (nSPS) is 25.4. The van der Waals surface area contributed by atoms with Crippen LogP contribution in [0.2, 0.25) is 10.0 Å². The van der Waals surface area contributed by atoms with Gasteiger partial charge in [-0.15, -0.1) is 0 Å². The zero-order valence-electron chi connectivity index (χ0n) is 17.7. The van der Waals surface area contributed by atoms with Crippen molar-refractivity contribution < 1.29 is 19.5 Å². The molecule has 2 fully saturated rings. The molecule has 34 heavy (non-hydrogen) atoms. The first kappa shape index (κ1) is 23.5. The first-order valence-electron chi connectivity index (χ1n) is 10.6. The van der Waals surface area contributed by atoms with E-state index >= 15 is 0 Å². The summed E-state index contributed by atoms with van der Waals surface area (Å²) in [5, 5.41) is 13.5. The maximum atomic E-state index is 13.5. The van der Waals surface area contributed by atoms with E-state index in [1.807, 2.05) is 42.5 Å². The van der Waals surface area contributed by atoms with E-state index in [1.54, 1.807) is 24.3 Å². The quantitative estimate of drug-likeness (QED) is 0.419. The monoisotopic (exact) mass is 560 g/mol. The molecule has 0 spiro atoms. The van der Waals surface area contributed by atoms with Gasteiger partial charge in [0, 0.05) is 16.5 Å². The number of anilines is 1. The topological polar surface area (TPSA) is 70.1 Å². The van der Waals surface area contributed by atoms with Gasteiger partial charge < -0.3 is 5.11 Å². The van der Waals surface area contributed by atoms with Crippen LogP contribution in [0.5, 0.6) is 0 Å². The Hall–Kier alpha value is -2.26. The molecule has 6 nitrogen and oxygen atoms in total. The molecule has 3 aromatic carbocycles. The highest BCUT2D eigenvalue weighted by Crippen LogP contribution is 2.47. The van der Waals surface area contributed by atoms with E-state index in [9.17, 15) is 14.7 Å². The molecule has 5 rings (SSSR count). The molecule has 2 amide bonds. The smallest absolute Gasteiger partial charge is 0.254 e. The number of carbonyl (C=O) groups excluding carboxylic acids is 2. The first-order valence-corrected chi connectivity index (χ1v) is 12.1. The molecule has 9 heteroatoms. The maximum Gasteiger partial charge on any atom is 0.254 e. The van der Waals surface area contributed by atoms with E-state index in [1.165, 1.54) is 11.1 Å². The van der Waals surface area contributed by atoms with Crippen molar-refractivity contribution in [2.75, 3.05) is 4.90 Å². The van der Waals surface area contributed by atoms with Crippen LogP contribution in [0.3, 0.4) is 0 Å². The molecule has 0 unspecified atom stereocenters. The fourth-order valence-electron chi connectivity index (χ4n) is 4.44. The van der Waals surface area contributed by atoms with E-state index in [0.29, 0.717) is 16.3 Å². The van der Waals surface area contributed by atoms with Crippen molar-refractivity contribution in [1.82, 2.24) is 5.06 Å². The van der Waals surface area contributed by atoms with Gasteiger partial charge in [0.15, 0.2) is 0 Å². The Labute approximate surface area is 214 Å². The van der Waals surface area contributed by atoms with Gasteiger partial charge in [0.05, 0.1) is 28.2 Å². The maximum absolute atomic E-state index is 13.5. The number of amides is 2. The van der Waals surface area contributed by atoms with Gasteiger partial charge in [0.1, 0.15) is 6.04 Å². The molecule has 3 atom stereocenters. The van der Waals surface area contributed by atoms with E-state index < -0.39 is 23.8 Å². The molecule has 0 saturated carbocycles. The number of aliphatic hydroxyl groups is 1. The fraction of sp³-hybridized carbons (Fsp3) is 0.200. The SMILES string of the molecule is O=C1C[C@@H](N2O[C@](O)(c3ccc(Br)cc3)C[C@H]2c2ccccc2)C(=O)N1c1ccc(Cl)c(Cl)c1. The lowest BCUT2D eigenvalue weighted by atomic mass is 9.94. The number of hydrogen-bond acceptors (Lipinski definition) is 5.